The molecule has 6 aliphatic rings. The highest BCUT2D eigenvalue weighted by atomic mass is 16.6. The highest BCUT2D eigenvalue weighted by molar-refractivity contribution is 6.08. The van der Waals surface area contributed by atoms with Gasteiger partial charge in [0.05, 0.1) is 35.3 Å². The first kappa shape index (κ1) is 63.7. The molecule has 0 spiro atoms. The van der Waals surface area contributed by atoms with E-state index in [4.69, 9.17) is 33.2 Å². The van der Waals surface area contributed by atoms with Gasteiger partial charge in [0.25, 0.3) is 5.91 Å². The van der Waals surface area contributed by atoms with Crippen molar-refractivity contribution in [3.63, 3.8) is 0 Å². The smallest absolute Gasteiger partial charge is 0.350 e. The van der Waals surface area contributed by atoms with Crippen molar-refractivity contribution >= 4 is 70.2 Å². The molecule has 21 heteroatoms. The summed E-state index contributed by atoms with van der Waals surface area (Å²) < 4.78 is 44.6. The first-order chi connectivity index (χ1) is 42.4. The number of hydrogen-bond acceptors (Lipinski definition) is 18. The van der Waals surface area contributed by atoms with Crippen molar-refractivity contribution in [2.24, 2.45) is 28.6 Å². The summed E-state index contributed by atoms with van der Waals surface area (Å²) in [6, 6.07) is 24.6. The van der Waals surface area contributed by atoms with Gasteiger partial charge in [-0.05, 0) is 91.6 Å². The molecule has 4 N–H and O–H groups in total. The molecule has 472 valence electrons. The molecule has 10 rings (SSSR count). The first-order valence-electron chi connectivity index (χ1n) is 30.6. The molecule has 1 saturated heterocycles. The number of fused-ring (bicyclic) bond motifs is 6. The summed E-state index contributed by atoms with van der Waals surface area (Å²) in [4.78, 5) is 145. The number of carbonyl (C=O) groups excluding carboxylic acids is 9. The maximum atomic E-state index is 16.6. The van der Waals surface area contributed by atoms with E-state index < -0.39 is 174 Å². The van der Waals surface area contributed by atoms with E-state index >= 15 is 9.59 Å². The van der Waals surface area contributed by atoms with Gasteiger partial charge >= 0.3 is 41.8 Å². The molecule has 89 heavy (non-hydrogen) atoms. The Kier molecular flexibility index (Phi) is 18.4. The van der Waals surface area contributed by atoms with Crippen molar-refractivity contribution in [1.82, 2.24) is 10.6 Å². The molecule has 0 radical (unpaired) electrons. The number of esters is 6. The number of carbonyl (C=O) groups is 10. The minimum absolute atomic E-state index is 0.00901. The average molecular weight is 1230 g/mol. The van der Waals surface area contributed by atoms with E-state index in [2.05, 4.69) is 10.6 Å². The third-order valence-electron chi connectivity index (χ3n) is 19.6. The zero-order valence-electron chi connectivity index (χ0n) is 50.7. The zero-order chi connectivity index (χ0) is 63.7. The van der Waals surface area contributed by atoms with Gasteiger partial charge in [-0.15, -0.1) is 0 Å². The fourth-order valence-corrected chi connectivity index (χ4v) is 14.9. The topological polar surface area (TPSA) is 300 Å². The summed E-state index contributed by atoms with van der Waals surface area (Å²) in [5, 5.41) is 31.1. The second-order valence-electron chi connectivity index (χ2n) is 25.3. The number of aliphatic hydroxyl groups is 1. The molecule has 5 aliphatic carbocycles. The summed E-state index contributed by atoms with van der Waals surface area (Å²) in [6.07, 6.45) is -7.47. The molecule has 2 amide bonds. The highest BCUT2D eigenvalue weighted by Crippen LogP contribution is 2.65. The second kappa shape index (κ2) is 25.7. The Morgan fingerprint density at radius 1 is 0.719 bits per heavy atom. The van der Waals surface area contributed by atoms with Crippen LogP contribution < -0.4 is 10.6 Å². The molecule has 12 atom stereocenters. The monoisotopic (exact) mass is 1220 g/mol. The maximum absolute atomic E-state index is 16.6. The van der Waals surface area contributed by atoms with Crippen LogP contribution in [-0.2, 0) is 71.5 Å². The largest absolute Gasteiger partial charge is 0.481 e. The number of benzene rings is 4. The number of nitrogens with one attached hydrogen (secondary N) is 2. The van der Waals surface area contributed by atoms with Gasteiger partial charge in [0.15, 0.2) is 17.5 Å². The fourth-order valence-electron chi connectivity index (χ4n) is 14.9. The third-order valence-corrected chi connectivity index (χ3v) is 19.6. The van der Waals surface area contributed by atoms with Crippen LogP contribution in [0, 0.1) is 28.6 Å². The van der Waals surface area contributed by atoms with Gasteiger partial charge in [-0.3, -0.25) is 38.4 Å². The molecule has 1 heterocycles. The Morgan fingerprint density at radius 2 is 1.34 bits per heavy atom. The van der Waals surface area contributed by atoms with Gasteiger partial charge in [0.1, 0.15) is 42.1 Å². The number of amides is 2. The molecular weight excluding hydrogens is 1150 g/mol. The Balaban J connectivity index is 1.11. The van der Waals surface area contributed by atoms with Crippen LogP contribution in [-0.4, -0.2) is 130 Å². The summed E-state index contributed by atoms with van der Waals surface area (Å²) in [5.74, 6) is -12.2. The third kappa shape index (κ3) is 12.2. The van der Waals surface area contributed by atoms with Crippen molar-refractivity contribution < 1.29 is 91.3 Å². The van der Waals surface area contributed by atoms with E-state index in [9.17, 15) is 48.6 Å². The highest BCUT2D eigenvalue weighted by Gasteiger charge is 2.79. The van der Waals surface area contributed by atoms with E-state index in [1.165, 1.54) is 26.0 Å². The van der Waals surface area contributed by atoms with Crippen LogP contribution in [0.15, 0.2) is 114 Å². The van der Waals surface area contributed by atoms with Crippen LogP contribution in [0.1, 0.15) is 151 Å². The van der Waals surface area contributed by atoms with Crippen LogP contribution in [0.25, 0.3) is 10.8 Å². The standard InChI is InChI=1S/C68H76N2O19/c1-37-48(85-64(81)55(87-62(79)43-27-15-16-28-43)53(41-21-9-7-10-22-41)70-60(77)47(32-33-51(73)74)69-59(76)46-31-19-29-40-20-17-18-30-45(40)46)35-68(82)58(88-63(80)44-23-11-8-12-24-44)56-66(6,57(75)54(84-38(2)71)52(37)65(68,4)5)49(86-61(78)42-25-13-14-26-42)34-50-67(56,36-83-50)89-39(3)72/h7-12,17-24,29-31,42-43,47-50,53-56,58,82H,13-16,25-28,32-36H2,1-6H3,(H,69,76)(H,70,77)(H,73,74)/t47-,48+,49+,50-,53+,54-,55-,56+,58+,66-,67+,68-/m1/s1. The number of carboxylic acids is 1. The fraction of sp³-hybridized carbons (Fsp3) is 0.500. The predicted molar refractivity (Wildman–Crippen MR) is 316 cm³/mol. The zero-order valence-corrected chi connectivity index (χ0v) is 50.7. The van der Waals surface area contributed by atoms with Crippen molar-refractivity contribution in [3.05, 3.63) is 131 Å². The normalized spacial score (nSPS) is 28.1. The van der Waals surface area contributed by atoms with Crippen LogP contribution in [0.3, 0.4) is 0 Å². The summed E-state index contributed by atoms with van der Waals surface area (Å²) in [7, 11) is 0. The Labute approximate surface area is 514 Å². The molecular formula is C68H76N2O19. The van der Waals surface area contributed by atoms with E-state index in [0.29, 0.717) is 43.9 Å². The number of Topliss-reactive ketones (excluding diaryl/α,β-unsaturated/α-hetero) is 1. The predicted octanol–water partition coefficient (Wildman–Crippen LogP) is 7.72. The van der Waals surface area contributed by atoms with E-state index in [1.54, 1.807) is 105 Å². The maximum Gasteiger partial charge on any atom is 0.350 e. The van der Waals surface area contributed by atoms with Crippen molar-refractivity contribution in [3.8, 4) is 0 Å². The van der Waals surface area contributed by atoms with E-state index in [1.807, 2.05) is 0 Å². The average Bonchev–Trinajstić information content (AvgIpc) is 1.09. The van der Waals surface area contributed by atoms with E-state index in [-0.39, 0.29) is 34.3 Å². The second-order valence-corrected chi connectivity index (χ2v) is 25.3. The lowest BCUT2D eigenvalue weighted by molar-refractivity contribution is -0.346. The van der Waals surface area contributed by atoms with Gasteiger partial charge < -0.3 is 54.0 Å². The summed E-state index contributed by atoms with van der Waals surface area (Å²) in [5.41, 5.74) is -8.08. The number of ketones is 1. The SMILES string of the molecule is CC(=O)O[C@H]1C(=O)[C@]2(C)[C@@H](OC(=O)C3CCCC3)C[C@H]3OC[C@@]3(OC(C)=O)[C@H]2[C@H](OC(=O)c2ccccc2)[C@]2(O)C[C@H](OC(=O)[C@H](OC(=O)C3CCCC3)[C@@H](NC(=O)[C@@H](CCC(=O)O)NC(=O)c3cccc4ccccc34)c3ccccc3)C(C)=C1C2(C)C. The molecule has 4 aromatic carbocycles. The van der Waals surface area contributed by atoms with E-state index in [0.717, 1.165) is 32.1 Å². The van der Waals surface area contributed by atoms with Gasteiger partial charge in [0.2, 0.25) is 12.0 Å². The Bertz CT molecular complexity index is 3460. The van der Waals surface area contributed by atoms with Crippen molar-refractivity contribution in [2.75, 3.05) is 6.61 Å². The Hall–Kier alpha value is -8.30. The lowest BCUT2D eigenvalue weighted by Crippen LogP contribution is -2.82. The van der Waals surface area contributed by atoms with Crippen LogP contribution in [0.2, 0.25) is 0 Å². The van der Waals surface area contributed by atoms with Crippen LogP contribution in [0.4, 0.5) is 0 Å². The van der Waals surface area contributed by atoms with Gasteiger partial charge in [0, 0.05) is 44.1 Å². The number of aliphatic carboxylic acids is 1. The molecule has 0 aromatic heterocycles. The van der Waals surface area contributed by atoms with Gasteiger partial charge in [-0.1, -0.05) is 124 Å². The molecule has 5 fully saturated rings. The van der Waals surface area contributed by atoms with Gasteiger partial charge in [-0.25, -0.2) is 9.59 Å². The molecule has 21 nitrogen and oxygen atoms in total. The number of rotatable bonds is 19. The number of carboxylic acid groups (broad SMARTS) is 1. The molecule has 0 unspecified atom stereocenters. The Morgan fingerprint density at radius 3 is 1.96 bits per heavy atom. The van der Waals surface area contributed by atoms with Crippen molar-refractivity contribution in [1.29, 1.82) is 0 Å². The van der Waals surface area contributed by atoms with Crippen LogP contribution in [0.5, 0.6) is 0 Å². The minimum Gasteiger partial charge on any atom is -0.481 e. The first-order valence-corrected chi connectivity index (χ1v) is 30.6. The molecule has 2 bridgehead atoms. The van der Waals surface area contributed by atoms with Crippen LogP contribution >= 0.6 is 0 Å². The molecule has 4 saturated carbocycles. The quantitative estimate of drug-likeness (QED) is 0.0397. The number of hydrogen-bond donors (Lipinski definition) is 4. The van der Waals surface area contributed by atoms with Crippen molar-refractivity contribution in [2.45, 2.75) is 179 Å². The lowest BCUT2D eigenvalue weighted by atomic mass is 9.44. The summed E-state index contributed by atoms with van der Waals surface area (Å²) >= 11 is 0. The lowest BCUT2D eigenvalue weighted by Gasteiger charge is -2.67. The summed E-state index contributed by atoms with van der Waals surface area (Å²) in [6.45, 7) is 7.86. The number of ether oxygens (including phenoxy) is 7. The minimum atomic E-state index is -2.57. The molecule has 4 aromatic rings. The molecule has 1 aliphatic heterocycles. The van der Waals surface area contributed by atoms with Gasteiger partial charge in [-0.2, -0.15) is 0 Å².